The fourth-order valence-corrected chi connectivity index (χ4v) is 4.21. The molecule has 5 heteroatoms. The highest BCUT2D eigenvalue weighted by atomic mass is 35.5. The van der Waals surface area contributed by atoms with E-state index in [-0.39, 0.29) is 0 Å². The van der Waals surface area contributed by atoms with Gasteiger partial charge >= 0.3 is 0 Å². The Morgan fingerprint density at radius 3 is 2.54 bits per heavy atom. The number of benzene rings is 1. The Morgan fingerprint density at radius 1 is 1.12 bits per heavy atom. The van der Waals surface area contributed by atoms with Crippen molar-refractivity contribution in [1.29, 1.82) is 0 Å². The summed E-state index contributed by atoms with van der Waals surface area (Å²) in [4.78, 5) is 6.38. The fourth-order valence-electron chi connectivity index (χ4n) is 3.10. The van der Waals surface area contributed by atoms with E-state index in [4.69, 9.17) is 16.3 Å². The zero-order valence-corrected chi connectivity index (χ0v) is 15.7. The highest BCUT2D eigenvalue weighted by molar-refractivity contribution is 7.16. The van der Waals surface area contributed by atoms with Gasteiger partial charge in [-0.25, -0.2) is 0 Å². The standard InChI is InChI=1S/C19H25ClN2OS/c1-16(13-21-9-11-23-12-10-21)22(14-17-5-3-2-4-6-17)15-18-7-8-19(20)24-18/h2-8,16H,9-15H2,1H3. The van der Waals surface area contributed by atoms with Gasteiger partial charge in [-0.1, -0.05) is 41.9 Å². The molecule has 1 aliphatic heterocycles. The summed E-state index contributed by atoms with van der Waals surface area (Å²) in [7, 11) is 0. The molecule has 1 aliphatic rings. The van der Waals surface area contributed by atoms with Gasteiger partial charge in [0.15, 0.2) is 0 Å². The van der Waals surface area contributed by atoms with Crippen LogP contribution in [0.3, 0.4) is 0 Å². The summed E-state index contributed by atoms with van der Waals surface area (Å²) in [6.45, 7) is 9.09. The zero-order valence-electron chi connectivity index (χ0n) is 14.2. The monoisotopic (exact) mass is 364 g/mol. The van der Waals surface area contributed by atoms with Crippen LogP contribution in [0, 0.1) is 0 Å². The molecule has 3 nitrogen and oxygen atoms in total. The van der Waals surface area contributed by atoms with Crippen molar-refractivity contribution >= 4 is 22.9 Å². The van der Waals surface area contributed by atoms with Crippen molar-refractivity contribution in [2.24, 2.45) is 0 Å². The van der Waals surface area contributed by atoms with Crippen molar-refractivity contribution < 1.29 is 4.74 Å². The number of morpholine rings is 1. The number of hydrogen-bond acceptors (Lipinski definition) is 4. The fraction of sp³-hybridized carbons (Fsp3) is 0.474. The molecule has 0 bridgehead atoms. The molecule has 0 aliphatic carbocycles. The minimum absolute atomic E-state index is 0.476. The summed E-state index contributed by atoms with van der Waals surface area (Å²) in [6.07, 6.45) is 0. The van der Waals surface area contributed by atoms with Crippen LogP contribution in [0.2, 0.25) is 4.34 Å². The Bertz CT molecular complexity index is 613. The van der Waals surface area contributed by atoms with E-state index >= 15 is 0 Å². The molecule has 130 valence electrons. The van der Waals surface area contributed by atoms with Crippen molar-refractivity contribution in [3.05, 3.63) is 57.2 Å². The molecule has 1 saturated heterocycles. The van der Waals surface area contributed by atoms with Crippen LogP contribution in [0.25, 0.3) is 0 Å². The van der Waals surface area contributed by atoms with Crippen LogP contribution in [0.5, 0.6) is 0 Å². The molecular formula is C19H25ClN2OS. The predicted molar refractivity (Wildman–Crippen MR) is 102 cm³/mol. The first-order chi connectivity index (χ1) is 11.7. The molecule has 2 aromatic rings. The lowest BCUT2D eigenvalue weighted by Crippen LogP contribution is -2.45. The lowest BCUT2D eigenvalue weighted by molar-refractivity contribution is 0.0227. The number of nitrogens with zero attached hydrogens (tertiary/aromatic N) is 2. The van der Waals surface area contributed by atoms with E-state index in [1.54, 1.807) is 11.3 Å². The molecule has 0 saturated carbocycles. The van der Waals surface area contributed by atoms with E-state index in [1.807, 2.05) is 6.07 Å². The first kappa shape index (κ1) is 17.9. The quantitative estimate of drug-likeness (QED) is 0.734. The van der Waals surface area contributed by atoms with Gasteiger partial charge in [0.2, 0.25) is 0 Å². The maximum absolute atomic E-state index is 6.12. The molecule has 1 aromatic carbocycles. The average molecular weight is 365 g/mol. The average Bonchev–Trinajstić information content (AvgIpc) is 3.01. The highest BCUT2D eigenvalue weighted by Crippen LogP contribution is 2.24. The summed E-state index contributed by atoms with van der Waals surface area (Å²) in [5.41, 5.74) is 1.36. The molecule has 2 heterocycles. The molecule has 1 atom stereocenters. The summed E-state index contributed by atoms with van der Waals surface area (Å²) in [5, 5.41) is 0. The van der Waals surface area contributed by atoms with Gasteiger partial charge in [0.1, 0.15) is 0 Å². The first-order valence-corrected chi connectivity index (χ1v) is 9.72. The van der Waals surface area contributed by atoms with Gasteiger partial charge in [-0.2, -0.15) is 0 Å². The number of rotatable bonds is 7. The smallest absolute Gasteiger partial charge is 0.0931 e. The predicted octanol–water partition coefficient (Wildman–Crippen LogP) is 4.12. The van der Waals surface area contributed by atoms with Gasteiger partial charge in [-0.3, -0.25) is 9.80 Å². The van der Waals surface area contributed by atoms with Crippen LogP contribution in [-0.2, 0) is 17.8 Å². The molecule has 0 amide bonds. The molecule has 1 fully saturated rings. The zero-order chi connectivity index (χ0) is 16.8. The van der Waals surface area contributed by atoms with Gasteiger partial charge in [0.25, 0.3) is 0 Å². The van der Waals surface area contributed by atoms with Crippen molar-refractivity contribution in [1.82, 2.24) is 9.80 Å². The molecule has 0 radical (unpaired) electrons. The van der Waals surface area contributed by atoms with Crippen molar-refractivity contribution in [2.75, 3.05) is 32.8 Å². The van der Waals surface area contributed by atoms with E-state index in [0.717, 1.165) is 50.3 Å². The van der Waals surface area contributed by atoms with Crippen LogP contribution in [-0.4, -0.2) is 48.7 Å². The number of ether oxygens (including phenoxy) is 1. The molecular weight excluding hydrogens is 340 g/mol. The van der Waals surface area contributed by atoms with Gasteiger partial charge in [-0.05, 0) is 24.6 Å². The van der Waals surface area contributed by atoms with Crippen molar-refractivity contribution in [3.63, 3.8) is 0 Å². The Kier molecular flexibility index (Phi) is 6.69. The van der Waals surface area contributed by atoms with Crippen LogP contribution in [0.15, 0.2) is 42.5 Å². The second-order valence-electron chi connectivity index (χ2n) is 6.36. The first-order valence-electron chi connectivity index (χ1n) is 8.53. The van der Waals surface area contributed by atoms with Crippen LogP contribution in [0.1, 0.15) is 17.4 Å². The van der Waals surface area contributed by atoms with Crippen molar-refractivity contribution in [2.45, 2.75) is 26.1 Å². The van der Waals surface area contributed by atoms with E-state index in [9.17, 15) is 0 Å². The van der Waals surface area contributed by atoms with Gasteiger partial charge in [0, 0.05) is 43.6 Å². The topological polar surface area (TPSA) is 15.7 Å². The molecule has 0 N–H and O–H groups in total. The SMILES string of the molecule is CC(CN1CCOCC1)N(Cc1ccccc1)Cc1ccc(Cl)s1. The van der Waals surface area contributed by atoms with Gasteiger partial charge < -0.3 is 4.74 Å². The molecule has 0 spiro atoms. The Morgan fingerprint density at radius 2 is 1.88 bits per heavy atom. The number of halogens is 1. The normalized spacial score (nSPS) is 17.3. The van der Waals surface area contributed by atoms with Crippen LogP contribution < -0.4 is 0 Å². The maximum Gasteiger partial charge on any atom is 0.0931 e. The van der Waals surface area contributed by atoms with E-state index in [0.29, 0.717) is 6.04 Å². The Balaban J connectivity index is 1.67. The number of hydrogen-bond donors (Lipinski definition) is 0. The van der Waals surface area contributed by atoms with E-state index in [1.165, 1.54) is 10.4 Å². The van der Waals surface area contributed by atoms with Crippen molar-refractivity contribution in [3.8, 4) is 0 Å². The third-order valence-electron chi connectivity index (χ3n) is 4.47. The molecule has 1 aromatic heterocycles. The largest absolute Gasteiger partial charge is 0.379 e. The number of thiophene rings is 1. The second-order valence-corrected chi connectivity index (χ2v) is 8.16. The lowest BCUT2D eigenvalue weighted by atomic mass is 10.1. The minimum atomic E-state index is 0.476. The second kappa shape index (κ2) is 8.97. The third kappa shape index (κ3) is 5.30. The summed E-state index contributed by atoms with van der Waals surface area (Å²) >= 11 is 7.80. The Hall–Kier alpha value is -0.910. The highest BCUT2D eigenvalue weighted by Gasteiger charge is 2.20. The van der Waals surface area contributed by atoms with Crippen LogP contribution in [0.4, 0.5) is 0 Å². The minimum Gasteiger partial charge on any atom is -0.379 e. The van der Waals surface area contributed by atoms with Crippen LogP contribution >= 0.6 is 22.9 Å². The van der Waals surface area contributed by atoms with Gasteiger partial charge in [0.05, 0.1) is 17.6 Å². The third-order valence-corrected chi connectivity index (χ3v) is 5.68. The van der Waals surface area contributed by atoms with E-state index in [2.05, 4.69) is 53.1 Å². The maximum atomic E-state index is 6.12. The summed E-state index contributed by atoms with van der Waals surface area (Å²) in [6, 6.07) is 15.3. The molecule has 24 heavy (non-hydrogen) atoms. The summed E-state index contributed by atoms with van der Waals surface area (Å²) < 4.78 is 6.33. The molecule has 1 unspecified atom stereocenters. The van der Waals surface area contributed by atoms with Gasteiger partial charge in [-0.15, -0.1) is 11.3 Å². The van der Waals surface area contributed by atoms with E-state index < -0.39 is 0 Å². The lowest BCUT2D eigenvalue weighted by Gasteiger charge is -2.35. The Labute approximate surface area is 153 Å². The molecule has 3 rings (SSSR count). The summed E-state index contributed by atoms with van der Waals surface area (Å²) in [5.74, 6) is 0.